The number of fused-ring (bicyclic) bond motifs is 1. The van der Waals surface area contributed by atoms with Crippen LogP contribution in [0, 0.1) is 18.8 Å². The summed E-state index contributed by atoms with van der Waals surface area (Å²) in [4.78, 5) is 39.3. The quantitative estimate of drug-likeness (QED) is 0.545. The van der Waals surface area contributed by atoms with Crippen molar-refractivity contribution in [1.82, 2.24) is 4.90 Å². The van der Waals surface area contributed by atoms with Crippen molar-refractivity contribution in [3.63, 3.8) is 0 Å². The molecular weight excluding hydrogens is 324 g/mol. The SMILES string of the molecule is CCN1C(=O)[C@H]2[C@@H](c3ccc(C)cc3)[NH2+][C@@](CO)(C(=O)OC)[C@@H]2C1=O. The average Bonchev–Trinajstić information content (AvgIpc) is 3.10. The highest BCUT2D eigenvalue weighted by Crippen LogP contribution is 2.44. The zero-order valence-electron chi connectivity index (χ0n) is 14.6. The number of nitrogens with two attached hydrogens (primary N) is 1. The maximum atomic E-state index is 12.8. The molecule has 0 spiro atoms. The van der Waals surface area contributed by atoms with Gasteiger partial charge in [-0.25, -0.2) is 4.79 Å². The molecule has 7 heteroatoms. The molecule has 2 aliphatic rings. The van der Waals surface area contributed by atoms with Gasteiger partial charge in [0.1, 0.15) is 24.5 Å². The number of quaternary nitrogens is 1. The lowest BCUT2D eigenvalue weighted by atomic mass is 9.79. The molecule has 2 amide bonds. The fourth-order valence-corrected chi connectivity index (χ4v) is 4.19. The summed E-state index contributed by atoms with van der Waals surface area (Å²) in [5, 5.41) is 11.7. The lowest BCUT2D eigenvalue weighted by Gasteiger charge is -2.27. The molecule has 2 aliphatic heterocycles. The van der Waals surface area contributed by atoms with Crippen molar-refractivity contribution >= 4 is 17.8 Å². The van der Waals surface area contributed by atoms with Crippen LogP contribution >= 0.6 is 0 Å². The van der Waals surface area contributed by atoms with Crippen LogP contribution in [0.15, 0.2) is 24.3 Å². The van der Waals surface area contributed by atoms with E-state index in [1.807, 2.05) is 31.2 Å². The zero-order chi connectivity index (χ0) is 18.4. The predicted octanol–water partition coefficient (Wildman–Crippen LogP) is -0.862. The molecule has 1 aromatic rings. The average molecular weight is 347 g/mol. The standard InChI is InChI=1S/C18H22N2O5/c1-4-20-15(22)12-13(16(20)23)18(9-21,17(24)25-3)19-14(12)11-7-5-10(2)6-8-11/h5-8,12-14,19,21H,4,9H2,1-3H3/p+1/t12-,13+,14-,18-/m1/s1. The number of imide groups is 1. The molecule has 7 nitrogen and oxygen atoms in total. The lowest BCUT2D eigenvalue weighted by Crippen LogP contribution is -2.99. The Morgan fingerprint density at radius 1 is 1.28 bits per heavy atom. The van der Waals surface area contributed by atoms with Crippen LogP contribution in [0.4, 0.5) is 0 Å². The highest BCUT2D eigenvalue weighted by atomic mass is 16.5. The summed E-state index contributed by atoms with van der Waals surface area (Å²) in [5.74, 6) is -3.01. The molecule has 25 heavy (non-hydrogen) atoms. The van der Waals surface area contributed by atoms with Crippen LogP contribution in [0.2, 0.25) is 0 Å². The van der Waals surface area contributed by atoms with E-state index in [9.17, 15) is 19.5 Å². The first-order chi connectivity index (χ1) is 11.9. The Morgan fingerprint density at radius 3 is 2.44 bits per heavy atom. The van der Waals surface area contributed by atoms with Gasteiger partial charge < -0.3 is 15.2 Å². The third-order valence-corrected chi connectivity index (χ3v) is 5.47. The largest absolute Gasteiger partial charge is 0.464 e. The number of aryl methyl sites for hydroxylation is 1. The number of ether oxygens (including phenoxy) is 1. The molecule has 0 bridgehead atoms. The number of benzene rings is 1. The van der Waals surface area contributed by atoms with E-state index in [2.05, 4.69) is 0 Å². The maximum absolute atomic E-state index is 12.8. The van der Waals surface area contributed by atoms with Gasteiger partial charge in [-0.2, -0.15) is 0 Å². The first-order valence-electron chi connectivity index (χ1n) is 8.38. The Bertz CT molecular complexity index is 717. The van der Waals surface area contributed by atoms with Crippen molar-refractivity contribution < 1.29 is 29.5 Å². The van der Waals surface area contributed by atoms with E-state index < -0.39 is 41.9 Å². The predicted molar refractivity (Wildman–Crippen MR) is 87.1 cm³/mol. The second-order valence-corrected chi connectivity index (χ2v) is 6.72. The summed E-state index contributed by atoms with van der Waals surface area (Å²) in [5.41, 5.74) is 0.425. The number of hydrogen-bond acceptors (Lipinski definition) is 5. The van der Waals surface area contributed by atoms with Gasteiger partial charge in [-0.05, 0) is 13.8 Å². The van der Waals surface area contributed by atoms with Crippen molar-refractivity contribution in [2.45, 2.75) is 25.4 Å². The molecule has 3 rings (SSSR count). The molecule has 0 aromatic heterocycles. The minimum Gasteiger partial charge on any atom is -0.464 e. The number of rotatable bonds is 4. The molecule has 2 saturated heterocycles. The molecule has 2 fully saturated rings. The Hall–Kier alpha value is -2.25. The monoisotopic (exact) mass is 347 g/mol. The Labute approximate surface area is 146 Å². The first kappa shape index (κ1) is 17.6. The number of amides is 2. The molecule has 0 radical (unpaired) electrons. The lowest BCUT2D eigenvalue weighted by molar-refractivity contribution is -0.735. The smallest absolute Gasteiger partial charge is 0.371 e. The number of carbonyl (C=O) groups excluding carboxylic acids is 3. The summed E-state index contributed by atoms with van der Waals surface area (Å²) in [6, 6.07) is 7.21. The normalized spacial score (nSPS) is 31.4. The molecule has 2 heterocycles. The number of hydrogen-bond donors (Lipinski definition) is 2. The van der Waals surface area contributed by atoms with Gasteiger partial charge >= 0.3 is 5.97 Å². The van der Waals surface area contributed by atoms with Crippen LogP contribution in [0.3, 0.4) is 0 Å². The van der Waals surface area contributed by atoms with Crippen LogP contribution in [-0.2, 0) is 19.1 Å². The van der Waals surface area contributed by atoms with Gasteiger partial charge in [0.05, 0.1) is 7.11 Å². The van der Waals surface area contributed by atoms with Gasteiger partial charge in [-0.1, -0.05) is 29.8 Å². The summed E-state index contributed by atoms with van der Waals surface area (Å²) in [6.07, 6.45) is 0. The van der Waals surface area contributed by atoms with Crippen molar-refractivity contribution in [1.29, 1.82) is 0 Å². The number of nitrogens with zero attached hydrogens (tertiary/aromatic N) is 1. The molecule has 4 atom stereocenters. The third-order valence-electron chi connectivity index (χ3n) is 5.47. The number of aliphatic hydroxyl groups is 1. The Balaban J connectivity index is 2.13. The van der Waals surface area contributed by atoms with Gasteiger partial charge in [0.2, 0.25) is 17.4 Å². The van der Waals surface area contributed by atoms with Gasteiger partial charge in [0, 0.05) is 12.1 Å². The first-order valence-corrected chi connectivity index (χ1v) is 8.38. The fourth-order valence-electron chi connectivity index (χ4n) is 4.19. The summed E-state index contributed by atoms with van der Waals surface area (Å²) < 4.78 is 4.88. The van der Waals surface area contributed by atoms with Crippen LogP contribution in [0.5, 0.6) is 0 Å². The van der Waals surface area contributed by atoms with Crippen LogP contribution in [0.1, 0.15) is 24.1 Å². The van der Waals surface area contributed by atoms with Gasteiger partial charge in [0.15, 0.2) is 0 Å². The molecular formula is C18H23N2O5+. The number of methoxy groups -OCH3 is 1. The molecule has 0 aliphatic carbocycles. The number of aliphatic hydroxyl groups excluding tert-OH is 1. The van der Waals surface area contributed by atoms with Gasteiger partial charge in [-0.15, -0.1) is 0 Å². The topological polar surface area (TPSA) is 101 Å². The molecule has 3 N–H and O–H groups in total. The van der Waals surface area contributed by atoms with Gasteiger partial charge in [-0.3, -0.25) is 14.5 Å². The van der Waals surface area contributed by atoms with E-state index in [0.717, 1.165) is 11.1 Å². The second kappa shape index (κ2) is 6.24. The van der Waals surface area contributed by atoms with Crippen molar-refractivity contribution in [3.8, 4) is 0 Å². The minimum atomic E-state index is -1.49. The van der Waals surface area contributed by atoms with E-state index in [1.54, 1.807) is 12.2 Å². The van der Waals surface area contributed by atoms with E-state index in [0.29, 0.717) is 0 Å². The summed E-state index contributed by atoms with van der Waals surface area (Å²) in [7, 11) is 1.22. The van der Waals surface area contributed by atoms with Crippen LogP contribution < -0.4 is 5.32 Å². The van der Waals surface area contributed by atoms with Crippen molar-refractivity contribution in [3.05, 3.63) is 35.4 Å². The molecule has 134 valence electrons. The minimum absolute atomic E-state index is 0.244. The number of carbonyl (C=O) groups is 3. The van der Waals surface area contributed by atoms with E-state index in [4.69, 9.17) is 4.74 Å². The Kier molecular flexibility index (Phi) is 4.38. The zero-order valence-corrected chi connectivity index (χ0v) is 14.6. The molecule has 0 unspecified atom stereocenters. The number of likely N-dealkylation sites (tertiary alicyclic amines) is 1. The Morgan fingerprint density at radius 2 is 1.92 bits per heavy atom. The third kappa shape index (κ3) is 2.38. The fraction of sp³-hybridized carbons (Fsp3) is 0.500. The van der Waals surface area contributed by atoms with Crippen molar-refractivity contribution in [2.75, 3.05) is 20.3 Å². The number of esters is 1. The second-order valence-electron chi connectivity index (χ2n) is 6.72. The summed E-state index contributed by atoms with van der Waals surface area (Å²) >= 11 is 0. The molecule has 0 saturated carbocycles. The van der Waals surface area contributed by atoms with Crippen LogP contribution in [0.25, 0.3) is 0 Å². The van der Waals surface area contributed by atoms with Crippen LogP contribution in [-0.4, -0.2) is 53.6 Å². The maximum Gasteiger partial charge on any atom is 0.371 e. The van der Waals surface area contributed by atoms with Gasteiger partial charge in [0.25, 0.3) is 0 Å². The van der Waals surface area contributed by atoms with E-state index >= 15 is 0 Å². The molecule has 1 aromatic carbocycles. The van der Waals surface area contributed by atoms with Crippen molar-refractivity contribution in [2.24, 2.45) is 11.8 Å². The van der Waals surface area contributed by atoms with E-state index in [1.165, 1.54) is 12.0 Å². The highest BCUT2D eigenvalue weighted by Gasteiger charge is 2.72. The van der Waals surface area contributed by atoms with E-state index in [-0.39, 0.29) is 12.5 Å². The summed E-state index contributed by atoms with van der Waals surface area (Å²) in [6.45, 7) is 3.36. The highest BCUT2D eigenvalue weighted by molar-refractivity contribution is 6.08.